The summed E-state index contributed by atoms with van der Waals surface area (Å²) in [5.41, 5.74) is 0.776. The minimum absolute atomic E-state index is 0.0325. The molecule has 90 valence electrons. The second-order valence-electron chi connectivity index (χ2n) is 3.99. The highest BCUT2D eigenvalue weighted by molar-refractivity contribution is 5.99. The number of rotatable bonds is 2. The average Bonchev–Trinajstić information content (AvgIpc) is 2.25. The Balaban J connectivity index is 2.10. The fraction of sp³-hybridized carbons (Fsp3) is 0.333. The number of hydrogen-bond acceptors (Lipinski definition) is 3. The van der Waals surface area contributed by atoms with Crippen LogP contribution in [0.15, 0.2) is 18.2 Å². The topological polar surface area (TPSA) is 55.4 Å². The predicted molar refractivity (Wildman–Crippen MR) is 57.9 cm³/mol. The number of carbonyl (C=O) groups is 2. The van der Waals surface area contributed by atoms with Crippen LogP contribution < -0.4 is 10.1 Å². The van der Waals surface area contributed by atoms with Crippen LogP contribution in [0.5, 0.6) is 5.75 Å². The molecule has 0 radical (unpaired) electrons. The van der Waals surface area contributed by atoms with Gasteiger partial charge in [0.25, 0.3) is 5.91 Å². The number of hydrogen-bond donors (Lipinski definition) is 1. The van der Waals surface area contributed by atoms with Gasteiger partial charge in [-0.25, -0.2) is 4.39 Å². The minimum Gasteiger partial charge on any atom is -0.478 e. The van der Waals surface area contributed by atoms with Crippen LogP contribution >= 0.6 is 0 Å². The number of imide groups is 1. The van der Waals surface area contributed by atoms with Gasteiger partial charge < -0.3 is 4.74 Å². The molecule has 0 saturated carbocycles. The molecule has 1 aromatic carbocycles. The largest absolute Gasteiger partial charge is 0.478 e. The van der Waals surface area contributed by atoms with Crippen LogP contribution in [-0.4, -0.2) is 17.9 Å². The molecule has 5 heteroatoms. The Bertz CT molecular complexity index is 473. The second kappa shape index (κ2) is 4.53. The van der Waals surface area contributed by atoms with Crippen molar-refractivity contribution in [1.82, 2.24) is 5.32 Å². The van der Waals surface area contributed by atoms with Crippen LogP contribution in [0.1, 0.15) is 18.4 Å². The zero-order chi connectivity index (χ0) is 12.4. The molecule has 1 aliphatic rings. The van der Waals surface area contributed by atoms with Crippen molar-refractivity contribution in [2.24, 2.45) is 0 Å². The van der Waals surface area contributed by atoms with Gasteiger partial charge in [-0.05, 0) is 24.6 Å². The molecule has 0 aromatic heterocycles. The maximum Gasteiger partial charge on any atom is 0.267 e. The first-order valence-corrected chi connectivity index (χ1v) is 5.33. The van der Waals surface area contributed by atoms with Gasteiger partial charge in [-0.1, -0.05) is 6.07 Å². The Kier molecular flexibility index (Phi) is 3.08. The molecular weight excluding hydrogens is 225 g/mol. The van der Waals surface area contributed by atoms with E-state index in [1.807, 2.05) is 0 Å². The van der Waals surface area contributed by atoms with Crippen molar-refractivity contribution in [1.29, 1.82) is 0 Å². The van der Waals surface area contributed by atoms with E-state index in [1.54, 1.807) is 13.0 Å². The number of ether oxygens (including phenoxy) is 1. The summed E-state index contributed by atoms with van der Waals surface area (Å²) in [5.74, 6) is -1.31. The minimum atomic E-state index is -0.801. The van der Waals surface area contributed by atoms with E-state index in [9.17, 15) is 14.0 Å². The van der Waals surface area contributed by atoms with Crippen molar-refractivity contribution in [3.05, 3.63) is 29.6 Å². The molecule has 1 aromatic rings. The quantitative estimate of drug-likeness (QED) is 0.789. The molecule has 1 saturated heterocycles. The first-order valence-electron chi connectivity index (χ1n) is 5.33. The summed E-state index contributed by atoms with van der Waals surface area (Å²) < 4.78 is 18.7. The van der Waals surface area contributed by atoms with E-state index in [0.29, 0.717) is 0 Å². The molecular formula is C12H12FNO3. The molecule has 1 N–H and O–H groups in total. The molecule has 17 heavy (non-hydrogen) atoms. The molecule has 1 fully saturated rings. The zero-order valence-electron chi connectivity index (χ0n) is 9.33. The highest BCUT2D eigenvalue weighted by Gasteiger charge is 2.28. The molecule has 1 aliphatic heterocycles. The number of nitrogens with one attached hydrogen (secondary N) is 1. The highest BCUT2D eigenvalue weighted by atomic mass is 19.1. The van der Waals surface area contributed by atoms with Crippen LogP contribution in [0.4, 0.5) is 4.39 Å². The van der Waals surface area contributed by atoms with Crippen molar-refractivity contribution in [3.63, 3.8) is 0 Å². The fourth-order valence-electron chi connectivity index (χ4n) is 1.64. The van der Waals surface area contributed by atoms with E-state index in [-0.39, 0.29) is 24.5 Å². The third-order valence-electron chi connectivity index (χ3n) is 2.55. The summed E-state index contributed by atoms with van der Waals surface area (Å²) in [6, 6.07) is 4.51. The lowest BCUT2D eigenvalue weighted by atomic mass is 10.1. The van der Waals surface area contributed by atoms with Gasteiger partial charge in [0.15, 0.2) is 17.7 Å². The van der Waals surface area contributed by atoms with E-state index in [1.165, 1.54) is 12.1 Å². The van der Waals surface area contributed by atoms with Gasteiger partial charge in [0.2, 0.25) is 5.91 Å². The Morgan fingerprint density at radius 3 is 2.82 bits per heavy atom. The van der Waals surface area contributed by atoms with Crippen molar-refractivity contribution in [2.45, 2.75) is 25.9 Å². The fourth-order valence-corrected chi connectivity index (χ4v) is 1.64. The van der Waals surface area contributed by atoms with E-state index < -0.39 is 17.8 Å². The molecule has 0 spiro atoms. The molecule has 4 nitrogen and oxygen atoms in total. The van der Waals surface area contributed by atoms with E-state index in [4.69, 9.17) is 4.74 Å². The smallest absolute Gasteiger partial charge is 0.267 e. The lowest BCUT2D eigenvalue weighted by Crippen LogP contribution is -2.46. The van der Waals surface area contributed by atoms with Gasteiger partial charge in [0.05, 0.1) is 0 Å². The summed E-state index contributed by atoms with van der Waals surface area (Å²) in [5, 5.41) is 2.16. The van der Waals surface area contributed by atoms with Crippen LogP contribution in [-0.2, 0) is 9.59 Å². The molecule has 1 unspecified atom stereocenters. The standard InChI is InChI=1S/C12H12FNO3/c1-7-2-3-9(8(13)6-7)17-10-4-5-11(15)14-12(10)16/h2-3,6,10H,4-5H2,1H3,(H,14,15,16). The summed E-state index contributed by atoms with van der Waals surface area (Å²) in [6.45, 7) is 1.76. The van der Waals surface area contributed by atoms with Crippen LogP contribution in [0.2, 0.25) is 0 Å². The van der Waals surface area contributed by atoms with Gasteiger partial charge in [0.1, 0.15) is 0 Å². The summed E-state index contributed by atoms with van der Waals surface area (Å²) >= 11 is 0. The Morgan fingerprint density at radius 2 is 2.18 bits per heavy atom. The molecule has 2 amide bonds. The van der Waals surface area contributed by atoms with E-state index in [0.717, 1.165) is 5.56 Å². The summed E-state index contributed by atoms with van der Waals surface area (Å²) in [4.78, 5) is 22.3. The van der Waals surface area contributed by atoms with Crippen molar-refractivity contribution in [3.8, 4) is 5.75 Å². The van der Waals surface area contributed by atoms with Crippen LogP contribution in [0.3, 0.4) is 0 Å². The Hall–Kier alpha value is -1.91. The number of benzene rings is 1. The lowest BCUT2D eigenvalue weighted by molar-refractivity contribution is -0.138. The Labute approximate surface area is 97.8 Å². The average molecular weight is 237 g/mol. The third-order valence-corrected chi connectivity index (χ3v) is 2.55. The third kappa shape index (κ3) is 2.61. The Morgan fingerprint density at radius 1 is 1.41 bits per heavy atom. The summed E-state index contributed by atoms with van der Waals surface area (Å²) in [7, 11) is 0. The normalized spacial score (nSPS) is 20.0. The monoisotopic (exact) mass is 237 g/mol. The maximum absolute atomic E-state index is 13.5. The van der Waals surface area contributed by atoms with Gasteiger partial charge in [-0.2, -0.15) is 0 Å². The first-order chi connectivity index (χ1) is 8.06. The van der Waals surface area contributed by atoms with Gasteiger partial charge in [-0.15, -0.1) is 0 Å². The number of halogens is 1. The molecule has 2 rings (SSSR count). The lowest BCUT2D eigenvalue weighted by Gasteiger charge is -2.22. The number of piperidine rings is 1. The highest BCUT2D eigenvalue weighted by Crippen LogP contribution is 2.21. The van der Waals surface area contributed by atoms with Gasteiger partial charge in [-0.3, -0.25) is 14.9 Å². The van der Waals surface area contributed by atoms with Gasteiger partial charge in [0, 0.05) is 12.8 Å². The first kappa shape index (κ1) is 11.6. The maximum atomic E-state index is 13.5. The molecule has 1 atom stereocenters. The van der Waals surface area contributed by atoms with Crippen molar-refractivity contribution >= 4 is 11.8 Å². The van der Waals surface area contributed by atoms with Crippen molar-refractivity contribution in [2.75, 3.05) is 0 Å². The molecule has 0 aliphatic carbocycles. The molecule has 1 heterocycles. The van der Waals surface area contributed by atoms with Crippen LogP contribution in [0.25, 0.3) is 0 Å². The van der Waals surface area contributed by atoms with E-state index in [2.05, 4.69) is 5.32 Å². The summed E-state index contributed by atoms with van der Waals surface area (Å²) in [6.07, 6.45) is -0.313. The van der Waals surface area contributed by atoms with Crippen molar-refractivity contribution < 1.29 is 18.7 Å². The second-order valence-corrected chi connectivity index (χ2v) is 3.99. The zero-order valence-corrected chi connectivity index (χ0v) is 9.33. The van der Waals surface area contributed by atoms with Gasteiger partial charge >= 0.3 is 0 Å². The number of amides is 2. The SMILES string of the molecule is Cc1ccc(OC2CCC(=O)NC2=O)c(F)c1. The number of aryl methyl sites for hydroxylation is 1. The van der Waals surface area contributed by atoms with E-state index >= 15 is 0 Å². The predicted octanol–water partition coefficient (Wildman–Crippen LogP) is 1.32. The number of carbonyl (C=O) groups excluding carboxylic acids is 2. The van der Waals surface area contributed by atoms with Crippen LogP contribution in [0, 0.1) is 12.7 Å². The molecule has 0 bridgehead atoms.